The number of para-hydroxylation sites is 2. The van der Waals surface area contributed by atoms with E-state index in [0.29, 0.717) is 0 Å². The van der Waals surface area contributed by atoms with Gasteiger partial charge in [-0.25, -0.2) is 0 Å². The van der Waals surface area contributed by atoms with Crippen LogP contribution < -0.4 is 4.90 Å². The van der Waals surface area contributed by atoms with Gasteiger partial charge in [-0.05, 0) is 0 Å². The fourth-order valence-electron chi connectivity index (χ4n) is 2.49. The average Bonchev–Trinajstić information content (AvgIpc) is 2.55. The van der Waals surface area contributed by atoms with Gasteiger partial charge in [0.1, 0.15) is 0 Å². The van der Waals surface area contributed by atoms with E-state index < -0.39 is 25.0 Å². The summed E-state index contributed by atoms with van der Waals surface area (Å²) in [6, 6.07) is 18.6. The van der Waals surface area contributed by atoms with E-state index in [1.165, 1.54) is 12.5 Å². The summed E-state index contributed by atoms with van der Waals surface area (Å²) in [5.41, 5.74) is 4.54. The Bertz CT molecular complexity index is 738. The molecule has 1 aliphatic rings. The molecule has 2 aromatic rings. The molecule has 2 aromatic carbocycles. The molecule has 1 aliphatic heterocycles. The molecule has 0 bridgehead atoms. The summed E-state index contributed by atoms with van der Waals surface area (Å²) in [6.45, 7) is 1.47. The minimum atomic E-state index is -1.79. The molecule has 1 heterocycles. The van der Waals surface area contributed by atoms with Gasteiger partial charge in [-0.3, -0.25) is 0 Å². The van der Waals surface area contributed by atoms with E-state index in [1.54, 1.807) is 0 Å². The maximum absolute atomic E-state index is 11.0. The molecule has 4 heteroatoms. The number of allylic oxidation sites excluding steroid dienone is 1. The van der Waals surface area contributed by atoms with Crippen LogP contribution in [0.3, 0.4) is 0 Å². The summed E-state index contributed by atoms with van der Waals surface area (Å²) in [4.78, 5) is 13.2. The second kappa shape index (κ2) is 6.92. The van der Waals surface area contributed by atoms with Crippen LogP contribution in [0.5, 0.6) is 0 Å². The number of benzene rings is 2. The van der Waals surface area contributed by atoms with Crippen LogP contribution >= 0.6 is 0 Å². The molecule has 0 aliphatic carbocycles. The van der Waals surface area contributed by atoms with Gasteiger partial charge in [0, 0.05) is 0 Å². The van der Waals surface area contributed by atoms with E-state index in [1.807, 2.05) is 30.3 Å². The second-order valence-corrected chi connectivity index (χ2v) is 9.00. The summed E-state index contributed by atoms with van der Waals surface area (Å²) in [5.74, 6) is -0.176. The fraction of sp³-hybridized carbons (Fsp3) is 0.0556. The Morgan fingerprint density at radius 3 is 2.55 bits per heavy atom. The Balaban J connectivity index is 2.01. The molecular weight excluding hydrogens is 463 g/mol. The van der Waals surface area contributed by atoms with Crippen LogP contribution in [0.25, 0.3) is 6.08 Å². The van der Waals surface area contributed by atoms with Crippen molar-refractivity contribution in [1.29, 1.82) is 0 Å². The van der Waals surface area contributed by atoms with Gasteiger partial charge in [0.05, 0.1) is 0 Å². The zero-order valence-corrected chi connectivity index (χ0v) is 17.9. The number of carbonyl (C=O) groups is 1. The van der Waals surface area contributed by atoms with Crippen molar-refractivity contribution >= 4 is 23.4 Å². The summed E-state index contributed by atoms with van der Waals surface area (Å²) in [7, 11) is 0. The van der Waals surface area contributed by atoms with Crippen molar-refractivity contribution in [3.05, 3.63) is 75.5 Å². The molecular formula is C18H15HgNO2. The topological polar surface area (TPSA) is 29.5 Å². The Morgan fingerprint density at radius 1 is 1.05 bits per heavy atom. The van der Waals surface area contributed by atoms with Gasteiger partial charge in [-0.2, -0.15) is 0 Å². The van der Waals surface area contributed by atoms with Gasteiger partial charge < -0.3 is 0 Å². The Labute approximate surface area is 143 Å². The molecule has 3 nitrogen and oxygen atoms in total. The zero-order valence-electron chi connectivity index (χ0n) is 12.4. The van der Waals surface area contributed by atoms with Gasteiger partial charge in [0.2, 0.25) is 0 Å². The van der Waals surface area contributed by atoms with Crippen molar-refractivity contribution in [2.75, 3.05) is 4.90 Å². The van der Waals surface area contributed by atoms with E-state index in [2.05, 4.69) is 44.9 Å². The third-order valence-corrected chi connectivity index (χ3v) is 7.97. The Morgan fingerprint density at radius 2 is 1.77 bits per heavy atom. The molecule has 0 amide bonds. The molecule has 0 saturated carbocycles. The number of anilines is 2. The first-order chi connectivity index (χ1) is 10.8. The molecule has 0 fully saturated rings. The van der Waals surface area contributed by atoms with E-state index in [-0.39, 0.29) is 5.97 Å². The summed E-state index contributed by atoms with van der Waals surface area (Å²) in [6.07, 6.45) is 4.21. The van der Waals surface area contributed by atoms with Crippen molar-refractivity contribution in [2.24, 2.45) is 0 Å². The minimum absolute atomic E-state index is 0.176. The number of hydrogen-bond donors (Lipinski definition) is 0. The van der Waals surface area contributed by atoms with Crippen molar-refractivity contribution in [1.82, 2.24) is 0 Å². The van der Waals surface area contributed by atoms with Crippen molar-refractivity contribution in [2.45, 2.75) is 6.92 Å². The molecule has 22 heavy (non-hydrogen) atoms. The molecule has 3 rings (SSSR count). The maximum atomic E-state index is 11.0. The Kier molecular flexibility index (Phi) is 4.73. The van der Waals surface area contributed by atoms with Crippen molar-refractivity contribution in [3.63, 3.8) is 0 Å². The quantitative estimate of drug-likeness (QED) is 0.619. The number of carbonyl (C=O) groups excluding carboxylic acids is 1. The van der Waals surface area contributed by atoms with Crippen LogP contribution in [0.4, 0.5) is 11.4 Å². The number of hydrogen-bond acceptors (Lipinski definition) is 3. The first-order valence-corrected chi connectivity index (χ1v) is 12.6. The van der Waals surface area contributed by atoms with Crippen LogP contribution in [0.1, 0.15) is 12.5 Å². The predicted octanol–water partition coefficient (Wildman–Crippen LogP) is 4.25. The normalized spacial score (nSPS) is 14.4. The number of rotatable bonds is 3. The van der Waals surface area contributed by atoms with E-state index >= 15 is 0 Å². The molecule has 0 spiro atoms. The van der Waals surface area contributed by atoms with Crippen molar-refractivity contribution < 1.29 is 32.5 Å². The summed E-state index contributed by atoms with van der Waals surface area (Å²) < 4.78 is 7.40. The molecule has 0 radical (unpaired) electrons. The van der Waals surface area contributed by atoms with Crippen molar-refractivity contribution in [3.8, 4) is 0 Å². The third-order valence-electron chi connectivity index (χ3n) is 3.46. The van der Waals surface area contributed by atoms with Gasteiger partial charge in [-0.1, -0.05) is 0 Å². The molecule has 0 unspecified atom stereocenters. The summed E-state index contributed by atoms with van der Waals surface area (Å²) in [5, 5.41) is 0. The third kappa shape index (κ3) is 3.30. The van der Waals surface area contributed by atoms with Crippen LogP contribution in [-0.2, 0) is 32.5 Å². The SMILES string of the molecule is CC(=O)[O][Hg][CH]=C1C=Cc2ccccc2N1c1ccccc1. The van der Waals surface area contributed by atoms with Gasteiger partial charge in [0.15, 0.2) is 0 Å². The standard InChI is InChI=1S/C16H12N.C2H4O2.Hg/c1-13-11-12-14-7-5-6-10-16(14)17(13)15-8-3-2-4-9-15;1-2(3)4;/h1-12H;1H3,(H,3,4);/q;;+1/p-1. The first kappa shape index (κ1) is 15.0. The van der Waals surface area contributed by atoms with Crippen LogP contribution in [0.15, 0.2) is 70.0 Å². The fourth-order valence-corrected chi connectivity index (χ4v) is 5.63. The van der Waals surface area contributed by atoms with Gasteiger partial charge in [0.25, 0.3) is 0 Å². The summed E-state index contributed by atoms with van der Waals surface area (Å²) >= 11 is -1.79. The molecule has 0 aromatic heterocycles. The van der Waals surface area contributed by atoms with Gasteiger partial charge >= 0.3 is 143 Å². The monoisotopic (exact) mass is 479 g/mol. The van der Waals surface area contributed by atoms with Crippen LogP contribution in [-0.4, -0.2) is 5.97 Å². The van der Waals surface area contributed by atoms with Crippen LogP contribution in [0.2, 0.25) is 0 Å². The van der Waals surface area contributed by atoms with Gasteiger partial charge in [-0.15, -0.1) is 0 Å². The van der Waals surface area contributed by atoms with E-state index in [9.17, 15) is 4.79 Å². The van der Waals surface area contributed by atoms with E-state index in [0.717, 1.165) is 17.1 Å². The molecule has 106 valence electrons. The van der Waals surface area contributed by atoms with E-state index in [4.69, 9.17) is 2.64 Å². The second-order valence-electron chi connectivity index (χ2n) is 4.99. The average molecular weight is 478 g/mol. The van der Waals surface area contributed by atoms with Crippen LogP contribution in [0, 0.1) is 0 Å². The first-order valence-electron chi connectivity index (χ1n) is 7.21. The molecule has 0 saturated heterocycles. The zero-order chi connectivity index (χ0) is 15.4. The molecule has 0 N–H and O–H groups in total. The molecule has 0 atom stereocenters. The number of fused-ring (bicyclic) bond motifs is 1. The predicted molar refractivity (Wildman–Crippen MR) is 83.9 cm³/mol. The number of nitrogens with zero attached hydrogens (tertiary/aromatic N) is 1. The Hall–Kier alpha value is -1.87.